The van der Waals surface area contributed by atoms with Gasteiger partial charge in [0.15, 0.2) is 0 Å². The van der Waals surface area contributed by atoms with Crippen LogP contribution < -0.4 is 14.8 Å². The predicted molar refractivity (Wildman–Crippen MR) is 129 cm³/mol. The number of rotatable bonds is 10. The number of carbonyl (C=O) groups is 1. The van der Waals surface area contributed by atoms with Crippen LogP contribution in [0.15, 0.2) is 61.1 Å². The summed E-state index contributed by atoms with van der Waals surface area (Å²) in [5.41, 5.74) is 0.958. The van der Waals surface area contributed by atoms with Gasteiger partial charge in [-0.2, -0.15) is 0 Å². The fourth-order valence-electron chi connectivity index (χ4n) is 4.25. The molecule has 2 atom stereocenters. The SMILES string of the molecule is Cc1ccc(OC[C@H]2C[C@@H](C(=O)NCCOc3ccccc3)CN(Cc3nccn3C)C2)cn1. The molecular weight excluding hydrogens is 430 g/mol. The van der Waals surface area contributed by atoms with Gasteiger partial charge in [0, 0.05) is 44.1 Å². The molecule has 0 spiro atoms. The van der Waals surface area contributed by atoms with E-state index in [0.717, 1.165) is 36.0 Å². The molecule has 1 aromatic carbocycles. The Morgan fingerprint density at radius 1 is 1.09 bits per heavy atom. The zero-order valence-corrected chi connectivity index (χ0v) is 19.9. The summed E-state index contributed by atoms with van der Waals surface area (Å²) < 4.78 is 13.7. The normalized spacial score (nSPS) is 18.4. The minimum absolute atomic E-state index is 0.0585. The van der Waals surface area contributed by atoms with Gasteiger partial charge in [-0.1, -0.05) is 18.2 Å². The number of hydrogen-bond acceptors (Lipinski definition) is 6. The topological polar surface area (TPSA) is 81.5 Å². The van der Waals surface area contributed by atoms with Crippen LogP contribution in [0.2, 0.25) is 0 Å². The third-order valence-corrected chi connectivity index (χ3v) is 6.05. The number of hydrogen-bond donors (Lipinski definition) is 1. The van der Waals surface area contributed by atoms with E-state index in [1.807, 2.05) is 67.2 Å². The van der Waals surface area contributed by atoms with Crippen LogP contribution >= 0.6 is 0 Å². The van der Waals surface area contributed by atoms with Gasteiger partial charge in [0.1, 0.15) is 23.9 Å². The van der Waals surface area contributed by atoms with Gasteiger partial charge < -0.3 is 19.4 Å². The minimum atomic E-state index is -0.115. The van der Waals surface area contributed by atoms with Crippen LogP contribution in [-0.4, -0.2) is 58.2 Å². The summed E-state index contributed by atoms with van der Waals surface area (Å²) in [4.78, 5) is 24.1. The number of benzene rings is 1. The Labute approximate surface area is 200 Å². The highest BCUT2D eigenvalue weighted by molar-refractivity contribution is 5.79. The molecule has 3 aromatic rings. The van der Waals surface area contributed by atoms with Gasteiger partial charge >= 0.3 is 0 Å². The number of piperidine rings is 1. The number of amides is 1. The van der Waals surface area contributed by atoms with E-state index in [0.29, 0.717) is 32.8 Å². The van der Waals surface area contributed by atoms with Gasteiger partial charge in [0.2, 0.25) is 5.91 Å². The molecule has 0 saturated carbocycles. The molecule has 1 amide bonds. The van der Waals surface area contributed by atoms with Gasteiger partial charge in [-0.15, -0.1) is 0 Å². The van der Waals surface area contributed by atoms with Crippen molar-refractivity contribution >= 4 is 5.91 Å². The number of pyridine rings is 1. The second kappa shape index (κ2) is 11.7. The van der Waals surface area contributed by atoms with E-state index in [9.17, 15) is 4.79 Å². The number of ether oxygens (including phenoxy) is 2. The standard InChI is InChI=1S/C26H33N5O3/c1-20-8-9-24(15-29-20)34-19-21-14-22(17-31(16-21)18-25-27-10-12-30(25)2)26(32)28-11-13-33-23-6-4-3-5-7-23/h3-10,12,15,21-22H,11,13-14,16-19H2,1-2H3,(H,28,32)/t21-,22+/m0/s1. The fraction of sp³-hybridized carbons (Fsp3) is 0.423. The molecule has 0 unspecified atom stereocenters. The highest BCUT2D eigenvalue weighted by atomic mass is 16.5. The van der Waals surface area contributed by atoms with Gasteiger partial charge in [-0.05, 0) is 37.6 Å². The van der Waals surface area contributed by atoms with Crippen LogP contribution in [0.3, 0.4) is 0 Å². The maximum atomic E-state index is 13.0. The summed E-state index contributed by atoms with van der Waals surface area (Å²) in [6, 6.07) is 13.5. The first-order chi connectivity index (χ1) is 16.6. The molecule has 0 bridgehead atoms. The molecular formula is C26H33N5O3. The number of carbonyl (C=O) groups excluding carboxylic acids is 1. The van der Waals surface area contributed by atoms with E-state index in [1.165, 1.54) is 0 Å². The van der Waals surface area contributed by atoms with Crippen molar-refractivity contribution < 1.29 is 14.3 Å². The van der Waals surface area contributed by atoms with Crippen molar-refractivity contribution in [3.05, 3.63) is 72.6 Å². The van der Waals surface area contributed by atoms with E-state index in [1.54, 1.807) is 12.4 Å². The number of aryl methyl sites for hydroxylation is 2. The first kappa shape index (κ1) is 23.8. The van der Waals surface area contributed by atoms with Crippen LogP contribution in [-0.2, 0) is 18.4 Å². The zero-order chi connectivity index (χ0) is 23.8. The summed E-state index contributed by atoms with van der Waals surface area (Å²) in [6.07, 6.45) is 6.28. The third kappa shape index (κ3) is 6.81. The van der Waals surface area contributed by atoms with Crippen LogP contribution in [0.4, 0.5) is 0 Å². The quantitative estimate of drug-likeness (QED) is 0.466. The Balaban J connectivity index is 1.33. The summed E-state index contributed by atoms with van der Waals surface area (Å²) >= 11 is 0. The van der Waals surface area contributed by atoms with Crippen molar-refractivity contribution in [1.82, 2.24) is 24.8 Å². The van der Waals surface area contributed by atoms with Crippen molar-refractivity contribution in [1.29, 1.82) is 0 Å². The van der Waals surface area contributed by atoms with Crippen LogP contribution in [0.5, 0.6) is 11.5 Å². The lowest BCUT2D eigenvalue weighted by molar-refractivity contribution is -0.128. The van der Waals surface area contributed by atoms with E-state index >= 15 is 0 Å². The Morgan fingerprint density at radius 2 is 1.94 bits per heavy atom. The fourth-order valence-corrected chi connectivity index (χ4v) is 4.25. The van der Waals surface area contributed by atoms with E-state index in [2.05, 4.69) is 20.2 Å². The van der Waals surface area contributed by atoms with Crippen molar-refractivity contribution in [2.24, 2.45) is 18.9 Å². The van der Waals surface area contributed by atoms with Gasteiger partial charge in [-0.3, -0.25) is 14.7 Å². The van der Waals surface area contributed by atoms with Gasteiger partial charge in [-0.25, -0.2) is 4.98 Å². The maximum absolute atomic E-state index is 13.0. The molecule has 1 N–H and O–H groups in total. The number of likely N-dealkylation sites (tertiary alicyclic amines) is 1. The van der Waals surface area contributed by atoms with Gasteiger partial charge in [0.25, 0.3) is 0 Å². The monoisotopic (exact) mass is 463 g/mol. The Kier molecular flexibility index (Phi) is 8.14. The summed E-state index contributed by atoms with van der Waals surface area (Å²) in [7, 11) is 1.99. The third-order valence-electron chi connectivity index (χ3n) is 6.05. The van der Waals surface area contributed by atoms with Crippen LogP contribution in [0.1, 0.15) is 17.9 Å². The summed E-state index contributed by atoms with van der Waals surface area (Å²) in [5, 5.41) is 3.05. The molecule has 2 aromatic heterocycles. The number of nitrogens with zero attached hydrogens (tertiary/aromatic N) is 4. The molecule has 3 heterocycles. The van der Waals surface area contributed by atoms with Crippen LogP contribution in [0, 0.1) is 18.8 Å². The molecule has 8 heteroatoms. The molecule has 8 nitrogen and oxygen atoms in total. The van der Waals surface area contributed by atoms with Crippen molar-refractivity contribution in [3.63, 3.8) is 0 Å². The maximum Gasteiger partial charge on any atom is 0.224 e. The average Bonchev–Trinajstić information content (AvgIpc) is 3.26. The predicted octanol–water partition coefficient (Wildman–Crippen LogP) is 2.84. The number of aromatic nitrogens is 3. The Hall–Kier alpha value is -3.39. The molecule has 4 rings (SSSR count). The molecule has 1 fully saturated rings. The lowest BCUT2D eigenvalue weighted by atomic mass is 9.89. The van der Waals surface area contributed by atoms with Crippen molar-refractivity contribution in [2.45, 2.75) is 19.9 Å². The molecule has 180 valence electrons. The largest absolute Gasteiger partial charge is 0.492 e. The Bertz CT molecular complexity index is 1040. The second-order valence-electron chi connectivity index (χ2n) is 8.85. The lowest BCUT2D eigenvalue weighted by Crippen LogP contribution is -2.48. The molecule has 1 aliphatic heterocycles. The zero-order valence-electron chi connectivity index (χ0n) is 19.9. The van der Waals surface area contributed by atoms with E-state index < -0.39 is 0 Å². The average molecular weight is 464 g/mol. The summed E-state index contributed by atoms with van der Waals surface area (Å²) in [6.45, 7) is 5.66. The first-order valence-electron chi connectivity index (χ1n) is 11.8. The molecule has 1 saturated heterocycles. The lowest BCUT2D eigenvalue weighted by Gasteiger charge is -2.36. The first-order valence-corrected chi connectivity index (χ1v) is 11.8. The summed E-state index contributed by atoms with van der Waals surface area (Å²) in [5.74, 6) is 2.72. The number of para-hydroxylation sites is 1. The van der Waals surface area contributed by atoms with E-state index in [-0.39, 0.29) is 17.7 Å². The van der Waals surface area contributed by atoms with Crippen molar-refractivity contribution in [2.75, 3.05) is 32.8 Å². The van der Waals surface area contributed by atoms with Crippen LogP contribution in [0.25, 0.3) is 0 Å². The minimum Gasteiger partial charge on any atom is -0.492 e. The molecule has 1 aliphatic rings. The number of imidazole rings is 1. The van der Waals surface area contributed by atoms with Gasteiger partial charge in [0.05, 0.1) is 31.8 Å². The Morgan fingerprint density at radius 3 is 2.68 bits per heavy atom. The second-order valence-corrected chi connectivity index (χ2v) is 8.85. The van der Waals surface area contributed by atoms with Crippen molar-refractivity contribution in [3.8, 4) is 11.5 Å². The highest BCUT2D eigenvalue weighted by Gasteiger charge is 2.32. The van der Waals surface area contributed by atoms with E-state index in [4.69, 9.17) is 9.47 Å². The number of nitrogens with one attached hydrogen (secondary N) is 1. The molecule has 0 radical (unpaired) electrons. The highest BCUT2D eigenvalue weighted by Crippen LogP contribution is 2.25. The molecule has 0 aliphatic carbocycles. The smallest absolute Gasteiger partial charge is 0.224 e. The molecule has 34 heavy (non-hydrogen) atoms.